The van der Waals surface area contributed by atoms with Gasteiger partial charge in [-0.3, -0.25) is 4.79 Å². The van der Waals surface area contributed by atoms with Gasteiger partial charge in [-0.1, -0.05) is 45.0 Å². The molecule has 0 aliphatic rings. The lowest BCUT2D eigenvalue weighted by molar-refractivity contribution is -0.112. The fourth-order valence-electron chi connectivity index (χ4n) is 3.14. The molecule has 2 N–H and O–H groups in total. The Morgan fingerprint density at radius 3 is 1.78 bits per heavy atom. The van der Waals surface area contributed by atoms with Gasteiger partial charge >= 0.3 is 0 Å². The van der Waals surface area contributed by atoms with Gasteiger partial charge in [0.25, 0.3) is 0 Å². The summed E-state index contributed by atoms with van der Waals surface area (Å²) in [7, 11) is -1.81. The zero-order chi connectivity index (χ0) is 27.0. The topological polar surface area (TPSA) is 123 Å². The maximum Gasteiger partial charge on any atom is 0.211 e. The van der Waals surface area contributed by atoms with Crippen molar-refractivity contribution in [2.45, 2.75) is 33.6 Å². The first kappa shape index (κ1) is 30.5. The maximum absolute atomic E-state index is 13.4. The lowest BCUT2D eigenvalue weighted by atomic mass is 9.97. The lowest BCUT2D eigenvalue weighted by Gasteiger charge is -2.12. The summed E-state index contributed by atoms with van der Waals surface area (Å²) >= 11 is 0. The zero-order valence-corrected chi connectivity index (χ0v) is 22.2. The Hall–Kier alpha value is -3.56. The Morgan fingerprint density at radius 1 is 0.889 bits per heavy atom. The van der Waals surface area contributed by atoms with E-state index in [4.69, 9.17) is 10.5 Å². The van der Waals surface area contributed by atoms with Crippen molar-refractivity contribution in [1.29, 1.82) is 10.5 Å². The van der Waals surface area contributed by atoms with Crippen LogP contribution < -0.4 is 10.0 Å². The van der Waals surface area contributed by atoms with Crippen LogP contribution in [0.4, 0.5) is 0 Å². The minimum atomic E-state index is -3.56. The molecule has 0 radical (unpaired) electrons. The van der Waals surface area contributed by atoms with E-state index in [1.807, 2.05) is 26.8 Å². The summed E-state index contributed by atoms with van der Waals surface area (Å²) in [5.41, 5.74) is 3.28. The van der Waals surface area contributed by atoms with Crippen LogP contribution in [0.2, 0.25) is 0 Å². The van der Waals surface area contributed by atoms with Crippen molar-refractivity contribution >= 4 is 28.0 Å². The van der Waals surface area contributed by atoms with Gasteiger partial charge < -0.3 is 5.32 Å². The first-order valence-corrected chi connectivity index (χ1v) is 13.5. The van der Waals surface area contributed by atoms with E-state index in [9.17, 15) is 13.2 Å². The van der Waals surface area contributed by atoms with E-state index in [0.717, 1.165) is 5.56 Å². The fourth-order valence-corrected chi connectivity index (χ4v) is 4.18. The van der Waals surface area contributed by atoms with Crippen LogP contribution in [-0.4, -0.2) is 40.1 Å². The fraction of sp³-hybridized carbons (Fsp3) is 0.321. The van der Waals surface area contributed by atoms with Gasteiger partial charge in [0.15, 0.2) is 5.78 Å². The summed E-state index contributed by atoms with van der Waals surface area (Å²) in [5, 5.41) is 20.9. The third-order valence-corrected chi connectivity index (χ3v) is 6.46. The van der Waals surface area contributed by atoms with E-state index >= 15 is 0 Å². The molecule has 0 heterocycles. The number of hydrogen-bond donors (Lipinski definition) is 2. The van der Waals surface area contributed by atoms with Gasteiger partial charge in [-0.05, 0) is 74.0 Å². The second-order valence-electron chi connectivity index (χ2n) is 7.59. The monoisotopic (exact) mass is 506 g/mol. The van der Waals surface area contributed by atoms with Crippen molar-refractivity contribution in [2.24, 2.45) is 0 Å². The minimum absolute atomic E-state index is 0.0477. The van der Waals surface area contributed by atoms with Gasteiger partial charge in [-0.15, -0.1) is 0 Å². The van der Waals surface area contributed by atoms with Gasteiger partial charge in [-0.2, -0.15) is 10.5 Å². The highest BCUT2D eigenvalue weighted by Crippen LogP contribution is 2.18. The third-order valence-electron chi connectivity index (χ3n) is 5.05. The SMILES string of the molecule is CC.CC/C(=C/c1ccc(C#N)cc1)C(=O)/C(=C\c1ccc(C#N)cc1)CNS(=O)(=O)CCCNC. The number of hydrogen-bond acceptors (Lipinski definition) is 6. The molecule has 0 unspecified atom stereocenters. The number of rotatable bonds is 12. The molecule has 0 spiro atoms. The van der Waals surface area contributed by atoms with Gasteiger partial charge in [0.1, 0.15) is 0 Å². The number of carbonyl (C=O) groups excluding carboxylic acids is 1. The highest BCUT2D eigenvalue weighted by Gasteiger charge is 2.18. The number of benzene rings is 2. The van der Waals surface area contributed by atoms with E-state index in [1.165, 1.54) is 0 Å². The average molecular weight is 507 g/mol. The standard InChI is InChI=1S/C26H28N4O3S.C2H6/c1-3-24(15-20-5-9-22(17-27)10-6-20)26(31)25(16-21-7-11-23(18-28)12-8-21)19-30-34(32,33)14-4-13-29-2;1-2/h5-12,15-16,29-30H,3-4,13-14,19H2,1-2H3;1-2H3/b24-15-,25-16-;. The number of nitrogens with one attached hydrogen (secondary N) is 2. The molecule has 0 saturated heterocycles. The number of Topliss-reactive ketones (excluding diaryl/α,β-unsaturated/α-hetero) is 1. The molecule has 8 heteroatoms. The van der Waals surface area contributed by atoms with Gasteiger partial charge in [0.2, 0.25) is 10.0 Å². The van der Waals surface area contributed by atoms with Crippen molar-refractivity contribution in [3.05, 3.63) is 81.9 Å². The maximum atomic E-state index is 13.4. The molecule has 190 valence electrons. The Morgan fingerprint density at radius 2 is 1.36 bits per heavy atom. The van der Waals surface area contributed by atoms with Crippen molar-refractivity contribution in [1.82, 2.24) is 10.0 Å². The zero-order valence-electron chi connectivity index (χ0n) is 21.3. The quantitative estimate of drug-likeness (QED) is 0.324. The van der Waals surface area contributed by atoms with Crippen molar-refractivity contribution in [2.75, 3.05) is 25.9 Å². The molecule has 0 amide bonds. The lowest BCUT2D eigenvalue weighted by Crippen LogP contribution is -2.31. The molecule has 0 fully saturated rings. The average Bonchev–Trinajstić information content (AvgIpc) is 2.91. The van der Waals surface area contributed by atoms with Crippen LogP contribution in [-0.2, 0) is 14.8 Å². The first-order valence-electron chi connectivity index (χ1n) is 11.9. The number of sulfonamides is 1. The predicted molar refractivity (Wildman–Crippen MR) is 145 cm³/mol. The Kier molecular flexibility index (Phi) is 13.7. The number of nitrogens with zero attached hydrogens (tertiary/aromatic N) is 2. The van der Waals surface area contributed by atoms with Crippen molar-refractivity contribution in [3.63, 3.8) is 0 Å². The second kappa shape index (κ2) is 16.2. The van der Waals surface area contributed by atoms with Crippen LogP contribution >= 0.6 is 0 Å². The van der Waals surface area contributed by atoms with E-state index in [0.29, 0.717) is 47.2 Å². The molecule has 2 rings (SSSR count). The number of carbonyl (C=O) groups is 1. The number of nitriles is 2. The minimum Gasteiger partial charge on any atom is -0.320 e. The molecule has 0 aliphatic heterocycles. The first-order chi connectivity index (χ1) is 17.3. The van der Waals surface area contributed by atoms with E-state index in [1.54, 1.807) is 67.7 Å². The Labute approximate surface area is 215 Å². The van der Waals surface area contributed by atoms with Crippen LogP contribution in [0.5, 0.6) is 0 Å². The highest BCUT2D eigenvalue weighted by molar-refractivity contribution is 7.89. The number of ketones is 1. The normalized spacial score (nSPS) is 11.6. The van der Waals surface area contributed by atoms with Gasteiger partial charge in [0.05, 0.1) is 29.0 Å². The molecule has 0 bridgehead atoms. The summed E-state index contributed by atoms with van der Waals surface area (Å²) < 4.78 is 27.3. The van der Waals surface area contributed by atoms with Gasteiger partial charge in [0, 0.05) is 17.7 Å². The molecule has 0 atom stereocenters. The smallest absolute Gasteiger partial charge is 0.211 e. The Bertz CT molecular complexity index is 1230. The summed E-state index contributed by atoms with van der Waals surface area (Å²) in [5.74, 6) is -0.317. The van der Waals surface area contributed by atoms with Gasteiger partial charge in [-0.25, -0.2) is 13.1 Å². The van der Waals surface area contributed by atoms with E-state index in [-0.39, 0.29) is 18.1 Å². The molecule has 2 aromatic carbocycles. The molecule has 0 saturated carbocycles. The molecule has 0 aliphatic carbocycles. The van der Waals surface area contributed by atoms with Crippen LogP contribution in [0.3, 0.4) is 0 Å². The molecule has 7 nitrogen and oxygen atoms in total. The summed E-state index contributed by atoms with van der Waals surface area (Å²) in [6, 6.07) is 17.7. The van der Waals surface area contributed by atoms with Crippen molar-refractivity contribution < 1.29 is 13.2 Å². The summed E-state index contributed by atoms with van der Waals surface area (Å²) in [6.07, 6.45) is 4.28. The summed E-state index contributed by atoms with van der Waals surface area (Å²) in [4.78, 5) is 13.4. The van der Waals surface area contributed by atoms with E-state index in [2.05, 4.69) is 16.1 Å². The Balaban J connectivity index is 0.00000316. The molecule has 36 heavy (non-hydrogen) atoms. The van der Waals surface area contributed by atoms with E-state index < -0.39 is 10.0 Å². The molecule has 2 aromatic rings. The van der Waals surface area contributed by atoms with Crippen molar-refractivity contribution in [3.8, 4) is 12.1 Å². The second-order valence-corrected chi connectivity index (χ2v) is 9.51. The van der Waals surface area contributed by atoms with Crippen LogP contribution in [0, 0.1) is 22.7 Å². The molecule has 0 aromatic heterocycles. The number of allylic oxidation sites excluding steroid dienone is 1. The largest absolute Gasteiger partial charge is 0.320 e. The highest BCUT2D eigenvalue weighted by atomic mass is 32.2. The molecular formula is C28H34N4O3S. The van der Waals surface area contributed by atoms with Crippen LogP contribution in [0.15, 0.2) is 59.7 Å². The predicted octanol–water partition coefficient (Wildman–Crippen LogP) is 4.43. The van der Waals surface area contributed by atoms with Crippen LogP contribution in [0.1, 0.15) is 55.9 Å². The van der Waals surface area contributed by atoms with Crippen LogP contribution in [0.25, 0.3) is 12.2 Å². The third kappa shape index (κ3) is 10.4. The molecular weight excluding hydrogens is 472 g/mol. The summed E-state index contributed by atoms with van der Waals surface area (Å²) in [6.45, 7) is 6.28.